The van der Waals surface area contributed by atoms with Gasteiger partial charge in [-0.3, -0.25) is 15.0 Å². The van der Waals surface area contributed by atoms with E-state index in [0.29, 0.717) is 33.2 Å². The highest BCUT2D eigenvalue weighted by Gasteiger charge is 2.25. The number of aromatic nitrogens is 2. The van der Waals surface area contributed by atoms with Gasteiger partial charge in [-0.05, 0) is 60.9 Å². The van der Waals surface area contributed by atoms with E-state index in [4.69, 9.17) is 9.47 Å². The van der Waals surface area contributed by atoms with Gasteiger partial charge >= 0.3 is 6.03 Å². The van der Waals surface area contributed by atoms with Gasteiger partial charge in [0.25, 0.3) is 0 Å². The van der Waals surface area contributed by atoms with Crippen molar-refractivity contribution in [2.24, 2.45) is 0 Å². The van der Waals surface area contributed by atoms with Gasteiger partial charge in [-0.2, -0.15) is 0 Å². The molecule has 0 radical (unpaired) electrons. The Balaban J connectivity index is 1.29. The zero-order chi connectivity index (χ0) is 26.9. The van der Waals surface area contributed by atoms with E-state index in [1.54, 1.807) is 36.3 Å². The van der Waals surface area contributed by atoms with Crippen LogP contribution in [0.3, 0.4) is 0 Å². The first kappa shape index (κ1) is 25.0. The lowest BCUT2D eigenvalue weighted by Crippen LogP contribution is -2.38. The molecule has 3 heterocycles. The Hall–Kier alpha value is -4.28. The smallest absolute Gasteiger partial charge is 0.328 e. The summed E-state index contributed by atoms with van der Waals surface area (Å²) in [5, 5.41) is 4.60. The average molecular weight is 557 g/mol. The Kier molecular flexibility index (Phi) is 6.72. The molecule has 0 saturated heterocycles. The second-order valence-corrected chi connectivity index (χ2v) is 11.0. The molecule has 0 fully saturated rings. The summed E-state index contributed by atoms with van der Waals surface area (Å²) in [5.41, 5.74) is 3.85. The quantitative estimate of drug-likeness (QED) is 0.219. The molecule has 1 N–H and O–H groups in total. The van der Waals surface area contributed by atoms with Crippen LogP contribution in [0.1, 0.15) is 29.4 Å². The van der Waals surface area contributed by atoms with Crippen molar-refractivity contribution in [3.8, 4) is 27.1 Å². The van der Waals surface area contributed by atoms with Gasteiger partial charge in [0.1, 0.15) is 16.5 Å². The number of aryl methyl sites for hydroxylation is 1. The molecular weight excluding hydrogens is 532 g/mol. The number of ether oxygens (including phenoxy) is 2. The molecule has 2 aromatic heterocycles. The van der Waals surface area contributed by atoms with Crippen LogP contribution in [0, 0.1) is 0 Å². The van der Waals surface area contributed by atoms with Crippen molar-refractivity contribution in [2.45, 2.75) is 19.8 Å². The van der Waals surface area contributed by atoms with E-state index >= 15 is 0 Å². The van der Waals surface area contributed by atoms with Crippen LogP contribution in [0.4, 0.5) is 15.6 Å². The molecule has 0 spiro atoms. The van der Waals surface area contributed by atoms with E-state index < -0.39 is 0 Å². The van der Waals surface area contributed by atoms with Crippen LogP contribution >= 0.6 is 22.7 Å². The maximum Gasteiger partial charge on any atom is 0.328 e. The predicted octanol–water partition coefficient (Wildman–Crippen LogP) is 7.41. The molecule has 0 unspecified atom stereocenters. The summed E-state index contributed by atoms with van der Waals surface area (Å²) in [6, 6.07) is 20.7. The van der Waals surface area contributed by atoms with Gasteiger partial charge in [0.2, 0.25) is 5.06 Å². The number of hydrogen-bond donors (Lipinski definition) is 1. The fourth-order valence-electron chi connectivity index (χ4n) is 4.48. The number of urea groups is 1. The lowest BCUT2D eigenvalue weighted by atomic mass is 10.00. The highest BCUT2D eigenvalue weighted by Crippen LogP contribution is 2.40. The first-order chi connectivity index (χ1) is 19.0. The van der Waals surface area contributed by atoms with Crippen molar-refractivity contribution in [3.63, 3.8) is 0 Å². The second-order valence-electron chi connectivity index (χ2n) is 9.00. The number of fused-ring (bicyclic) bond motifs is 2. The predicted molar refractivity (Wildman–Crippen MR) is 155 cm³/mol. The van der Waals surface area contributed by atoms with Crippen LogP contribution in [0.2, 0.25) is 0 Å². The number of carbonyl (C=O) groups excluding carboxylic acids is 2. The van der Waals surface area contributed by atoms with Crippen molar-refractivity contribution >= 4 is 55.5 Å². The molecule has 10 heteroatoms. The Labute approximate surface area is 232 Å². The van der Waals surface area contributed by atoms with E-state index in [0.717, 1.165) is 39.9 Å². The highest BCUT2D eigenvalue weighted by molar-refractivity contribution is 7.22. The zero-order valence-corrected chi connectivity index (χ0v) is 22.9. The molecule has 1 aliphatic rings. The first-order valence-corrected chi connectivity index (χ1v) is 14.0. The topological polar surface area (TPSA) is 93.7 Å². The number of rotatable bonds is 6. The SMILES string of the molecule is COc1ccc(Oc2sc(-c3ccc4c(c3)N(C(=O)Nc3nc5ccccc5s3)CCC4)nc2C(C)=O)cc1. The Morgan fingerprint density at radius 3 is 2.54 bits per heavy atom. The molecule has 0 bridgehead atoms. The van der Waals surface area contributed by atoms with Crippen LogP contribution in [-0.2, 0) is 6.42 Å². The summed E-state index contributed by atoms with van der Waals surface area (Å²) in [7, 11) is 1.60. The van der Waals surface area contributed by atoms with Crippen molar-refractivity contribution in [1.29, 1.82) is 0 Å². The van der Waals surface area contributed by atoms with E-state index in [1.165, 1.54) is 29.6 Å². The number of methoxy groups -OCH3 is 1. The van der Waals surface area contributed by atoms with Crippen molar-refractivity contribution in [1.82, 2.24) is 9.97 Å². The van der Waals surface area contributed by atoms with Crippen LogP contribution in [-0.4, -0.2) is 35.4 Å². The van der Waals surface area contributed by atoms with Gasteiger partial charge in [0.05, 0.1) is 17.3 Å². The van der Waals surface area contributed by atoms with Crippen molar-refractivity contribution in [2.75, 3.05) is 23.9 Å². The standard InChI is InChI=1S/C29H24N4O4S2/c1-17(34)25-27(37-21-13-11-20(36-2)12-14-21)39-26(31-25)19-10-9-18-6-5-15-33(23(18)16-19)29(35)32-28-30-22-7-3-4-8-24(22)38-28/h3-4,7-14,16H,5-6,15H2,1-2H3,(H,30,32,35). The number of anilines is 2. The molecular formula is C29H24N4O4S2. The highest BCUT2D eigenvalue weighted by atomic mass is 32.1. The Bertz CT molecular complexity index is 1660. The minimum atomic E-state index is -0.223. The van der Waals surface area contributed by atoms with Crippen LogP contribution < -0.4 is 19.7 Å². The summed E-state index contributed by atoms with van der Waals surface area (Å²) in [6.45, 7) is 2.07. The number of nitrogens with one attached hydrogen (secondary N) is 1. The summed E-state index contributed by atoms with van der Waals surface area (Å²) in [6.07, 6.45) is 1.74. The number of benzene rings is 3. The monoisotopic (exact) mass is 556 g/mol. The minimum absolute atomic E-state index is 0.184. The number of amides is 2. The molecule has 8 nitrogen and oxygen atoms in total. The van der Waals surface area contributed by atoms with Gasteiger partial charge in [-0.1, -0.05) is 46.9 Å². The van der Waals surface area contributed by atoms with E-state index in [2.05, 4.69) is 15.3 Å². The van der Waals surface area contributed by atoms with Gasteiger partial charge in [0.15, 0.2) is 16.6 Å². The van der Waals surface area contributed by atoms with Crippen molar-refractivity contribution < 1.29 is 19.1 Å². The molecule has 39 heavy (non-hydrogen) atoms. The third-order valence-corrected chi connectivity index (χ3v) is 8.34. The van der Waals surface area contributed by atoms with Gasteiger partial charge in [0, 0.05) is 24.7 Å². The van der Waals surface area contributed by atoms with E-state index in [1.807, 2.05) is 42.5 Å². The fraction of sp³-hybridized carbons (Fsp3) is 0.172. The summed E-state index contributed by atoms with van der Waals surface area (Å²) in [4.78, 5) is 36.6. The third-order valence-electron chi connectivity index (χ3n) is 6.40. The normalized spacial score (nSPS) is 12.7. The largest absolute Gasteiger partial charge is 0.497 e. The molecule has 6 rings (SSSR count). The van der Waals surface area contributed by atoms with E-state index in [-0.39, 0.29) is 17.5 Å². The van der Waals surface area contributed by atoms with Gasteiger partial charge in [-0.15, -0.1) is 0 Å². The number of thiazole rings is 2. The Morgan fingerprint density at radius 2 is 1.77 bits per heavy atom. The molecule has 0 atom stereocenters. The molecule has 5 aromatic rings. The fourth-order valence-corrected chi connectivity index (χ4v) is 6.31. The zero-order valence-electron chi connectivity index (χ0n) is 21.3. The van der Waals surface area contributed by atoms with Gasteiger partial charge in [-0.25, -0.2) is 14.8 Å². The minimum Gasteiger partial charge on any atom is -0.497 e. The van der Waals surface area contributed by atoms with Crippen LogP contribution in [0.15, 0.2) is 66.7 Å². The molecule has 3 aromatic carbocycles. The maximum absolute atomic E-state index is 13.3. The number of Topliss-reactive ketones (excluding diaryl/α,β-unsaturated/α-hetero) is 1. The molecule has 2 amide bonds. The van der Waals surface area contributed by atoms with Crippen LogP contribution in [0.5, 0.6) is 16.6 Å². The number of para-hydroxylation sites is 1. The van der Waals surface area contributed by atoms with Crippen molar-refractivity contribution in [3.05, 3.63) is 78.0 Å². The van der Waals surface area contributed by atoms with Gasteiger partial charge < -0.3 is 9.47 Å². The second kappa shape index (κ2) is 10.5. The lowest BCUT2D eigenvalue weighted by Gasteiger charge is -2.29. The number of ketones is 1. The molecule has 0 saturated carbocycles. The molecule has 0 aliphatic carbocycles. The number of carbonyl (C=O) groups is 2. The molecule has 196 valence electrons. The summed E-state index contributed by atoms with van der Waals surface area (Å²) >= 11 is 2.75. The number of nitrogens with zero attached hydrogens (tertiary/aromatic N) is 3. The number of hydrogen-bond acceptors (Lipinski definition) is 8. The van der Waals surface area contributed by atoms with E-state index in [9.17, 15) is 9.59 Å². The Morgan fingerprint density at radius 1 is 0.974 bits per heavy atom. The lowest BCUT2D eigenvalue weighted by molar-refractivity contribution is 0.101. The average Bonchev–Trinajstić information content (AvgIpc) is 3.56. The summed E-state index contributed by atoms with van der Waals surface area (Å²) < 4.78 is 12.3. The maximum atomic E-state index is 13.3. The summed E-state index contributed by atoms with van der Waals surface area (Å²) in [5.74, 6) is 1.11. The third kappa shape index (κ3) is 5.08. The molecule has 1 aliphatic heterocycles. The first-order valence-electron chi connectivity index (χ1n) is 12.4. The van der Waals surface area contributed by atoms with Crippen LogP contribution in [0.25, 0.3) is 20.8 Å².